The van der Waals surface area contributed by atoms with Crippen LogP contribution in [0.25, 0.3) is 0 Å². The number of hydrogen-bond acceptors (Lipinski definition) is 7. The number of amides is 1. The van der Waals surface area contributed by atoms with Gasteiger partial charge >= 0.3 is 11.9 Å². The maximum atomic E-state index is 12.8. The number of anilines is 1. The molecule has 0 unspecified atom stereocenters. The summed E-state index contributed by atoms with van der Waals surface area (Å²) in [6.45, 7) is 1.39. The molecule has 1 aliphatic rings. The summed E-state index contributed by atoms with van der Waals surface area (Å²) in [6.07, 6.45) is 0.592. The third-order valence-corrected chi connectivity index (χ3v) is 7.38. The van der Waals surface area contributed by atoms with Crippen LogP contribution in [-0.4, -0.2) is 63.4 Å². The van der Waals surface area contributed by atoms with Gasteiger partial charge in [-0.15, -0.1) is 0 Å². The highest BCUT2D eigenvalue weighted by atomic mass is 32.2. The Morgan fingerprint density at radius 3 is 2.12 bits per heavy atom. The molecule has 1 heterocycles. The van der Waals surface area contributed by atoms with Gasteiger partial charge in [0.05, 0.1) is 17.4 Å². The highest BCUT2D eigenvalue weighted by Crippen LogP contribution is 2.24. The van der Waals surface area contributed by atoms with Crippen molar-refractivity contribution in [1.82, 2.24) is 4.31 Å². The fourth-order valence-corrected chi connectivity index (χ4v) is 5.16. The lowest BCUT2D eigenvalue weighted by Gasteiger charge is -2.30. The van der Waals surface area contributed by atoms with Crippen LogP contribution in [0.3, 0.4) is 0 Å². The van der Waals surface area contributed by atoms with Crippen LogP contribution in [0.2, 0.25) is 0 Å². The molecule has 182 valence electrons. The highest BCUT2D eigenvalue weighted by Gasteiger charge is 2.33. The van der Waals surface area contributed by atoms with Gasteiger partial charge in [-0.2, -0.15) is 4.31 Å². The van der Waals surface area contributed by atoms with Crippen LogP contribution in [0.4, 0.5) is 5.69 Å². The maximum absolute atomic E-state index is 12.8. The van der Waals surface area contributed by atoms with E-state index in [1.54, 1.807) is 55.5 Å². The largest absolute Gasteiger partial charge is 0.465 e. The average molecular weight is 489 g/mol. The summed E-state index contributed by atoms with van der Waals surface area (Å²) in [5.74, 6) is -2.20. The summed E-state index contributed by atoms with van der Waals surface area (Å²) in [5, 5.41) is 0. The van der Waals surface area contributed by atoms with Gasteiger partial charge in [0.2, 0.25) is 10.0 Å². The molecule has 1 amide bonds. The van der Waals surface area contributed by atoms with Crippen LogP contribution in [0.15, 0.2) is 65.6 Å². The number of sulfonamides is 1. The molecule has 1 aliphatic heterocycles. The predicted molar refractivity (Wildman–Crippen MR) is 124 cm³/mol. The molecule has 1 saturated heterocycles. The Kier molecular flexibility index (Phi) is 8.78. The maximum Gasteiger partial charge on any atom is 0.326 e. The second-order valence-electron chi connectivity index (χ2n) is 7.72. The topological polar surface area (TPSA) is 110 Å². The fourth-order valence-electron chi connectivity index (χ4n) is 3.67. The standard InChI is InChI=1S/C24H28N2O7S/c1-2-32-23(28)17-26(20-9-5-3-6-10-20)22(27)18-33-24(29)19-13-15-25(16-14-19)34(30,31)21-11-7-4-8-12-21/h3-12,19H,2,13-18H2,1H3. The summed E-state index contributed by atoms with van der Waals surface area (Å²) < 4.78 is 37.0. The van der Waals surface area contributed by atoms with E-state index in [4.69, 9.17) is 9.47 Å². The number of esters is 2. The van der Waals surface area contributed by atoms with Gasteiger partial charge in [-0.25, -0.2) is 8.42 Å². The highest BCUT2D eigenvalue weighted by molar-refractivity contribution is 7.89. The summed E-state index contributed by atoms with van der Waals surface area (Å²) in [4.78, 5) is 38.7. The summed E-state index contributed by atoms with van der Waals surface area (Å²) in [5.41, 5.74) is 0.482. The minimum absolute atomic E-state index is 0.184. The Bertz CT molecular complexity index is 1080. The summed E-state index contributed by atoms with van der Waals surface area (Å²) in [6, 6.07) is 16.7. The predicted octanol–water partition coefficient (Wildman–Crippen LogP) is 2.23. The van der Waals surface area contributed by atoms with Crippen LogP contribution >= 0.6 is 0 Å². The molecular formula is C24H28N2O7S. The SMILES string of the molecule is CCOC(=O)CN(C(=O)COC(=O)C1CCN(S(=O)(=O)c2ccccc2)CC1)c1ccccc1. The number of rotatable bonds is 9. The number of nitrogens with zero attached hydrogens (tertiary/aromatic N) is 2. The van der Waals surface area contributed by atoms with Crippen LogP contribution in [-0.2, 0) is 33.9 Å². The first-order valence-corrected chi connectivity index (χ1v) is 12.5. The van der Waals surface area contributed by atoms with E-state index in [2.05, 4.69) is 0 Å². The third-order valence-electron chi connectivity index (χ3n) is 5.47. The lowest BCUT2D eigenvalue weighted by Crippen LogP contribution is -2.42. The molecular weight excluding hydrogens is 460 g/mol. The molecule has 0 saturated carbocycles. The van der Waals surface area contributed by atoms with Gasteiger partial charge in [0.15, 0.2) is 6.61 Å². The Hall–Kier alpha value is -3.24. The molecule has 34 heavy (non-hydrogen) atoms. The van der Waals surface area contributed by atoms with Crippen LogP contribution in [0, 0.1) is 5.92 Å². The van der Waals surface area contributed by atoms with Gasteiger partial charge < -0.3 is 9.47 Å². The van der Waals surface area contributed by atoms with E-state index < -0.39 is 40.4 Å². The molecule has 0 bridgehead atoms. The van der Waals surface area contributed by atoms with Gasteiger partial charge in [-0.05, 0) is 44.0 Å². The lowest BCUT2D eigenvalue weighted by atomic mass is 9.98. The minimum atomic E-state index is -3.62. The lowest BCUT2D eigenvalue weighted by molar-refractivity contribution is -0.153. The van der Waals surface area contributed by atoms with Gasteiger partial charge in [0, 0.05) is 18.8 Å². The second-order valence-corrected chi connectivity index (χ2v) is 9.66. The smallest absolute Gasteiger partial charge is 0.326 e. The molecule has 1 fully saturated rings. The number of para-hydroxylation sites is 1. The first-order valence-electron chi connectivity index (χ1n) is 11.1. The van der Waals surface area contributed by atoms with Crippen molar-refractivity contribution >= 4 is 33.6 Å². The molecule has 0 aliphatic carbocycles. The van der Waals surface area contributed by atoms with E-state index >= 15 is 0 Å². The van der Waals surface area contributed by atoms with Crippen molar-refractivity contribution in [3.05, 3.63) is 60.7 Å². The monoisotopic (exact) mass is 488 g/mol. The number of benzene rings is 2. The number of ether oxygens (including phenoxy) is 2. The van der Waals surface area contributed by atoms with Gasteiger partial charge in [-0.1, -0.05) is 36.4 Å². The first kappa shape index (κ1) is 25.4. The molecule has 9 nitrogen and oxygen atoms in total. The summed E-state index contributed by atoms with van der Waals surface area (Å²) >= 11 is 0. The van der Waals surface area contributed by atoms with E-state index in [1.165, 1.54) is 21.3 Å². The van der Waals surface area contributed by atoms with Gasteiger partial charge in [-0.3, -0.25) is 19.3 Å². The molecule has 0 spiro atoms. The van der Waals surface area contributed by atoms with Crippen LogP contribution in [0.5, 0.6) is 0 Å². The summed E-state index contributed by atoms with van der Waals surface area (Å²) in [7, 11) is -3.62. The number of piperidine rings is 1. The normalized spacial score (nSPS) is 14.9. The van der Waals surface area contributed by atoms with Crippen molar-refractivity contribution < 1.29 is 32.3 Å². The fraction of sp³-hybridized carbons (Fsp3) is 0.375. The molecule has 0 atom stereocenters. The van der Waals surface area contributed by atoms with E-state index in [1.807, 2.05) is 0 Å². The Morgan fingerprint density at radius 1 is 0.941 bits per heavy atom. The Morgan fingerprint density at radius 2 is 1.53 bits per heavy atom. The average Bonchev–Trinajstić information content (AvgIpc) is 2.87. The zero-order chi connectivity index (χ0) is 24.6. The minimum Gasteiger partial charge on any atom is -0.465 e. The van der Waals surface area contributed by atoms with Crippen LogP contribution in [0.1, 0.15) is 19.8 Å². The number of hydrogen-bond donors (Lipinski definition) is 0. The van der Waals surface area contributed by atoms with E-state index in [9.17, 15) is 22.8 Å². The quantitative estimate of drug-likeness (QED) is 0.498. The molecule has 2 aromatic rings. The Balaban J connectivity index is 1.55. The number of carbonyl (C=O) groups excluding carboxylic acids is 3. The Labute approximate surface area is 199 Å². The molecule has 0 N–H and O–H groups in total. The van der Waals surface area contributed by atoms with E-state index in [-0.39, 0.29) is 31.1 Å². The zero-order valence-corrected chi connectivity index (χ0v) is 19.8. The van der Waals surface area contributed by atoms with Crippen molar-refractivity contribution in [3.8, 4) is 0 Å². The second kappa shape index (κ2) is 11.8. The van der Waals surface area contributed by atoms with Crippen molar-refractivity contribution in [3.63, 3.8) is 0 Å². The zero-order valence-electron chi connectivity index (χ0n) is 19.0. The molecule has 3 rings (SSSR count). The number of carbonyl (C=O) groups is 3. The van der Waals surface area contributed by atoms with Crippen molar-refractivity contribution in [1.29, 1.82) is 0 Å². The first-order chi connectivity index (χ1) is 16.3. The molecule has 2 aromatic carbocycles. The van der Waals surface area contributed by atoms with Crippen LogP contribution < -0.4 is 4.90 Å². The third kappa shape index (κ3) is 6.42. The van der Waals surface area contributed by atoms with Crippen molar-refractivity contribution in [2.24, 2.45) is 5.92 Å². The van der Waals surface area contributed by atoms with E-state index in [0.717, 1.165) is 0 Å². The van der Waals surface area contributed by atoms with Crippen molar-refractivity contribution in [2.45, 2.75) is 24.7 Å². The molecule has 0 radical (unpaired) electrons. The van der Waals surface area contributed by atoms with Gasteiger partial charge in [0.1, 0.15) is 6.54 Å². The molecule has 10 heteroatoms. The molecule has 0 aromatic heterocycles. The van der Waals surface area contributed by atoms with Crippen molar-refractivity contribution in [2.75, 3.05) is 37.7 Å². The van der Waals surface area contributed by atoms with Gasteiger partial charge in [0.25, 0.3) is 5.91 Å². The van der Waals surface area contributed by atoms with E-state index in [0.29, 0.717) is 18.5 Å².